The summed E-state index contributed by atoms with van der Waals surface area (Å²) in [5, 5.41) is 3.62. The maximum Gasteiger partial charge on any atom is 0.109 e. The van der Waals surface area contributed by atoms with Crippen LogP contribution >= 0.6 is 0 Å². The standard InChI is InChI=1S/C11H14N4/c1-7(2)11-13-9-5-4-8(15-12-3)6-10(9)14-11/h4-7,15H,3H2,1-2H3,(H,13,14). The van der Waals surface area contributed by atoms with Crippen LogP contribution in [0.25, 0.3) is 11.0 Å². The second-order valence-electron chi connectivity index (χ2n) is 3.78. The number of aromatic amines is 1. The molecule has 0 unspecified atom stereocenters. The number of fused-ring (bicyclic) bond motifs is 1. The third kappa shape index (κ3) is 1.83. The topological polar surface area (TPSA) is 53.1 Å². The molecule has 0 aliphatic carbocycles. The van der Waals surface area contributed by atoms with Crippen LogP contribution in [0.1, 0.15) is 25.6 Å². The van der Waals surface area contributed by atoms with Gasteiger partial charge in [-0.05, 0) is 18.2 Å². The van der Waals surface area contributed by atoms with Gasteiger partial charge in [0.1, 0.15) is 5.82 Å². The van der Waals surface area contributed by atoms with Crippen molar-refractivity contribution < 1.29 is 0 Å². The summed E-state index contributed by atoms with van der Waals surface area (Å²) in [6.45, 7) is 7.61. The molecule has 0 saturated carbocycles. The van der Waals surface area contributed by atoms with Crippen molar-refractivity contribution in [2.24, 2.45) is 5.10 Å². The number of hydrogen-bond donors (Lipinski definition) is 2. The van der Waals surface area contributed by atoms with E-state index >= 15 is 0 Å². The van der Waals surface area contributed by atoms with E-state index in [2.05, 4.69) is 41.1 Å². The molecule has 0 radical (unpaired) electrons. The average molecular weight is 202 g/mol. The van der Waals surface area contributed by atoms with Crippen LogP contribution in [0.2, 0.25) is 0 Å². The van der Waals surface area contributed by atoms with Gasteiger partial charge in [-0.25, -0.2) is 4.98 Å². The van der Waals surface area contributed by atoms with Gasteiger partial charge in [0.25, 0.3) is 0 Å². The summed E-state index contributed by atoms with van der Waals surface area (Å²) in [5.74, 6) is 1.42. The molecule has 2 rings (SSSR count). The lowest BCUT2D eigenvalue weighted by Crippen LogP contribution is -1.88. The smallest absolute Gasteiger partial charge is 0.109 e. The Morgan fingerprint density at radius 3 is 2.93 bits per heavy atom. The van der Waals surface area contributed by atoms with Gasteiger partial charge in [-0.2, -0.15) is 5.10 Å². The zero-order chi connectivity index (χ0) is 10.8. The first kappa shape index (κ1) is 9.71. The van der Waals surface area contributed by atoms with E-state index in [-0.39, 0.29) is 0 Å². The van der Waals surface area contributed by atoms with Crippen molar-refractivity contribution in [3.05, 3.63) is 24.0 Å². The molecule has 0 bridgehead atoms. The van der Waals surface area contributed by atoms with E-state index < -0.39 is 0 Å². The predicted molar refractivity (Wildman–Crippen MR) is 63.4 cm³/mol. The number of nitrogens with zero attached hydrogens (tertiary/aromatic N) is 2. The first-order valence-corrected chi connectivity index (χ1v) is 4.92. The van der Waals surface area contributed by atoms with Gasteiger partial charge >= 0.3 is 0 Å². The van der Waals surface area contributed by atoms with E-state index in [0.717, 1.165) is 22.5 Å². The highest BCUT2D eigenvalue weighted by Gasteiger charge is 2.06. The average Bonchev–Trinajstić information content (AvgIpc) is 2.61. The molecule has 1 aromatic carbocycles. The Bertz CT molecular complexity index is 484. The number of H-pyrrole nitrogens is 1. The summed E-state index contributed by atoms with van der Waals surface area (Å²) in [6.07, 6.45) is 0. The summed E-state index contributed by atoms with van der Waals surface area (Å²) in [5.41, 5.74) is 5.72. The summed E-state index contributed by atoms with van der Waals surface area (Å²) < 4.78 is 0. The minimum atomic E-state index is 0.409. The second kappa shape index (κ2) is 3.73. The van der Waals surface area contributed by atoms with Crippen LogP contribution in [-0.2, 0) is 0 Å². The van der Waals surface area contributed by atoms with E-state index in [1.807, 2.05) is 18.2 Å². The molecule has 0 spiro atoms. The fourth-order valence-electron chi connectivity index (χ4n) is 1.46. The Kier molecular flexibility index (Phi) is 2.41. The van der Waals surface area contributed by atoms with Gasteiger partial charge < -0.3 is 4.98 Å². The molecule has 78 valence electrons. The van der Waals surface area contributed by atoms with Crippen LogP contribution in [0, 0.1) is 0 Å². The molecule has 4 nitrogen and oxygen atoms in total. The number of hydrogen-bond acceptors (Lipinski definition) is 3. The molecule has 0 atom stereocenters. The van der Waals surface area contributed by atoms with Gasteiger partial charge in [0.15, 0.2) is 0 Å². The van der Waals surface area contributed by atoms with Crippen molar-refractivity contribution >= 4 is 23.4 Å². The van der Waals surface area contributed by atoms with Gasteiger partial charge in [-0.1, -0.05) is 13.8 Å². The number of anilines is 1. The number of imidazole rings is 1. The van der Waals surface area contributed by atoms with Crippen LogP contribution in [-0.4, -0.2) is 16.7 Å². The first-order valence-electron chi connectivity index (χ1n) is 4.92. The Labute approximate surface area is 88.4 Å². The SMILES string of the molecule is C=NNc1ccc2nc(C(C)C)[nH]c2c1. The van der Waals surface area contributed by atoms with Crippen molar-refractivity contribution in [3.63, 3.8) is 0 Å². The molecule has 2 aromatic rings. The Morgan fingerprint density at radius 2 is 2.27 bits per heavy atom. The lowest BCUT2D eigenvalue weighted by atomic mass is 10.2. The van der Waals surface area contributed by atoms with Crippen molar-refractivity contribution in [1.29, 1.82) is 0 Å². The third-order valence-corrected chi connectivity index (χ3v) is 2.26. The van der Waals surface area contributed by atoms with E-state index in [1.54, 1.807) is 0 Å². The van der Waals surface area contributed by atoms with E-state index in [0.29, 0.717) is 5.92 Å². The highest BCUT2D eigenvalue weighted by molar-refractivity contribution is 5.79. The van der Waals surface area contributed by atoms with Crippen molar-refractivity contribution in [2.75, 3.05) is 5.43 Å². The molecule has 0 amide bonds. The number of hydrazone groups is 1. The summed E-state index contributed by atoms with van der Waals surface area (Å²) in [4.78, 5) is 7.76. The highest BCUT2D eigenvalue weighted by atomic mass is 15.3. The second-order valence-corrected chi connectivity index (χ2v) is 3.78. The number of aromatic nitrogens is 2. The molecule has 0 fully saturated rings. The normalized spacial score (nSPS) is 10.9. The van der Waals surface area contributed by atoms with Crippen LogP contribution in [0.4, 0.5) is 5.69 Å². The quantitative estimate of drug-likeness (QED) is 0.594. The van der Waals surface area contributed by atoms with Crippen molar-refractivity contribution in [2.45, 2.75) is 19.8 Å². The maximum absolute atomic E-state index is 4.48. The molecular formula is C11H14N4. The first-order chi connectivity index (χ1) is 7.20. The molecule has 1 heterocycles. The number of nitrogens with one attached hydrogen (secondary N) is 2. The molecular weight excluding hydrogens is 188 g/mol. The van der Waals surface area contributed by atoms with Crippen LogP contribution < -0.4 is 5.43 Å². The van der Waals surface area contributed by atoms with E-state index in [9.17, 15) is 0 Å². The summed E-state index contributed by atoms with van der Waals surface area (Å²) >= 11 is 0. The molecule has 1 aromatic heterocycles. The summed E-state index contributed by atoms with van der Waals surface area (Å²) in [6, 6.07) is 5.87. The van der Waals surface area contributed by atoms with Crippen LogP contribution in [0.3, 0.4) is 0 Å². The highest BCUT2D eigenvalue weighted by Crippen LogP contribution is 2.20. The predicted octanol–water partition coefficient (Wildman–Crippen LogP) is 2.71. The molecule has 0 aliphatic heterocycles. The molecule has 2 N–H and O–H groups in total. The number of benzene rings is 1. The zero-order valence-corrected chi connectivity index (χ0v) is 8.91. The fraction of sp³-hybridized carbons (Fsp3) is 0.273. The van der Waals surface area contributed by atoms with Gasteiger partial charge in [0.05, 0.1) is 16.7 Å². The van der Waals surface area contributed by atoms with Crippen molar-refractivity contribution in [3.8, 4) is 0 Å². The summed E-state index contributed by atoms with van der Waals surface area (Å²) in [7, 11) is 0. The minimum absolute atomic E-state index is 0.409. The monoisotopic (exact) mass is 202 g/mol. The van der Waals surface area contributed by atoms with Gasteiger partial charge in [-0.3, -0.25) is 5.43 Å². The van der Waals surface area contributed by atoms with E-state index in [1.165, 1.54) is 0 Å². The molecule has 0 saturated heterocycles. The minimum Gasteiger partial charge on any atom is -0.342 e. The number of rotatable bonds is 3. The zero-order valence-electron chi connectivity index (χ0n) is 8.91. The van der Waals surface area contributed by atoms with E-state index in [4.69, 9.17) is 0 Å². The van der Waals surface area contributed by atoms with Crippen LogP contribution in [0.5, 0.6) is 0 Å². The Balaban J connectivity index is 2.47. The fourth-order valence-corrected chi connectivity index (χ4v) is 1.46. The lowest BCUT2D eigenvalue weighted by Gasteiger charge is -1.97. The largest absolute Gasteiger partial charge is 0.342 e. The van der Waals surface area contributed by atoms with Gasteiger partial charge in [-0.15, -0.1) is 0 Å². The Hall–Kier alpha value is -1.84. The van der Waals surface area contributed by atoms with Gasteiger partial charge in [0.2, 0.25) is 0 Å². The van der Waals surface area contributed by atoms with Crippen molar-refractivity contribution in [1.82, 2.24) is 9.97 Å². The third-order valence-electron chi connectivity index (χ3n) is 2.26. The van der Waals surface area contributed by atoms with Crippen LogP contribution in [0.15, 0.2) is 23.3 Å². The molecule has 4 heteroatoms. The maximum atomic E-state index is 4.48. The Morgan fingerprint density at radius 1 is 1.47 bits per heavy atom. The molecule has 0 aliphatic rings. The van der Waals surface area contributed by atoms with Gasteiger partial charge in [0, 0.05) is 12.6 Å². The molecule has 15 heavy (non-hydrogen) atoms. The lowest BCUT2D eigenvalue weighted by molar-refractivity contribution is 0.799.